The van der Waals surface area contributed by atoms with Crippen molar-refractivity contribution in [2.75, 3.05) is 27.2 Å². The predicted octanol–water partition coefficient (Wildman–Crippen LogP) is 3.04. The second kappa shape index (κ2) is 11.1. The molecule has 1 aliphatic rings. The number of carbonyl (C=O) groups excluding carboxylic acids is 1. The lowest BCUT2D eigenvalue weighted by atomic mass is 10.0. The van der Waals surface area contributed by atoms with Gasteiger partial charge in [-0.05, 0) is 45.1 Å². The Bertz CT molecular complexity index is 479. The van der Waals surface area contributed by atoms with E-state index in [-0.39, 0.29) is 42.8 Å². The lowest BCUT2D eigenvalue weighted by molar-refractivity contribution is -0.123. The largest absolute Gasteiger partial charge is 0.353 e. The molecule has 1 fully saturated rings. The highest BCUT2D eigenvalue weighted by molar-refractivity contribution is 6.31. The molecule has 132 valence electrons. The molecular formula is C16H26Cl3N3O. The highest BCUT2D eigenvalue weighted by atomic mass is 35.5. The van der Waals surface area contributed by atoms with Crippen molar-refractivity contribution in [3.8, 4) is 0 Å². The second-order valence-electron chi connectivity index (χ2n) is 5.75. The first-order chi connectivity index (χ1) is 10.1. The molecule has 1 amide bonds. The van der Waals surface area contributed by atoms with Gasteiger partial charge in [0.2, 0.25) is 5.91 Å². The van der Waals surface area contributed by atoms with Crippen LogP contribution in [0, 0.1) is 0 Å². The highest BCUT2D eigenvalue weighted by Gasteiger charge is 2.23. The summed E-state index contributed by atoms with van der Waals surface area (Å²) in [4.78, 5) is 14.3. The molecule has 2 atom stereocenters. The SMILES string of the molecule is CN(C)C(CNC(=O)C1CCCCN1)c1ccccc1Cl.Cl.Cl. The molecule has 23 heavy (non-hydrogen) atoms. The van der Waals surface area contributed by atoms with Crippen LogP contribution in [0.15, 0.2) is 24.3 Å². The Balaban J connectivity index is 0.00000242. The van der Waals surface area contributed by atoms with E-state index < -0.39 is 0 Å². The third kappa shape index (κ3) is 6.48. The third-order valence-electron chi connectivity index (χ3n) is 3.98. The number of likely N-dealkylation sites (N-methyl/N-ethyl adjacent to an activating group) is 1. The Labute approximate surface area is 156 Å². The molecule has 1 saturated heterocycles. The Morgan fingerprint density at radius 2 is 2.04 bits per heavy atom. The molecule has 1 heterocycles. The maximum Gasteiger partial charge on any atom is 0.237 e. The summed E-state index contributed by atoms with van der Waals surface area (Å²) in [6.07, 6.45) is 3.20. The van der Waals surface area contributed by atoms with Crippen molar-refractivity contribution < 1.29 is 4.79 Å². The summed E-state index contributed by atoms with van der Waals surface area (Å²) >= 11 is 6.28. The molecule has 1 aromatic carbocycles. The zero-order valence-corrected chi connectivity index (χ0v) is 15.9. The summed E-state index contributed by atoms with van der Waals surface area (Å²) in [7, 11) is 4.00. The fourth-order valence-corrected chi connectivity index (χ4v) is 2.97. The van der Waals surface area contributed by atoms with Crippen molar-refractivity contribution in [3.63, 3.8) is 0 Å². The molecule has 1 aromatic rings. The molecule has 0 saturated carbocycles. The van der Waals surface area contributed by atoms with Gasteiger partial charge < -0.3 is 15.5 Å². The number of hydrogen-bond acceptors (Lipinski definition) is 3. The topological polar surface area (TPSA) is 44.4 Å². The second-order valence-corrected chi connectivity index (χ2v) is 6.16. The molecule has 2 N–H and O–H groups in total. The van der Waals surface area contributed by atoms with Crippen molar-refractivity contribution in [3.05, 3.63) is 34.9 Å². The van der Waals surface area contributed by atoms with Crippen molar-refractivity contribution in [1.29, 1.82) is 0 Å². The van der Waals surface area contributed by atoms with Gasteiger partial charge in [0.05, 0.1) is 12.1 Å². The number of carbonyl (C=O) groups is 1. The van der Waals surface area contributed by atoms with Gasteiger partial charge in [0.25, 0.3) is 0 Å². The van der Waals surface area contributed by atoms with E-state index >= 15 is 0 Å². The van der Waals surface area contributed by atoms with Gasteiger partial charge in [-0.25, -0.2) is 0 Å². The molecule has 4 nitrogen and oxygen atoms in total. The summed E-state index contributed by atoms with van der Waals surface area (Å²) in [6, 6.07) is 7.82. The molecule has 0 radical (unpaired) electrons. The van der Waals surface area contributed by atoms with E-state index in [1.165, 1.54) is 0 Å². The van der Waals surface area contributed by atoms with Crippen LogP contribution < -0.4 is 10.6 Å². The molecule has 2 unspecified atom stereocenters. The Hall–Kier alpha value is -0.520. The number of nitrogens with zero attached hydrogens (tertiary/aromatic N) is 1. The van der Waals surface area contributed by atoms with Crippen LogP contribution in [0.1, 0.15) is 30.9 Å². The monoisotopic (exact) mass is 381 g/mol. The maximum absolute atomic E-state index is 12.2. The highest BCUT2D eigenvalue weighted by Crippen LogP contribution is 2.25. The smallest absolute Gasteiger partial charge is 0.237 e. The van der Waals surface area contributed by atoms with Gasteiger partial charge in [0.1, 0.15) is 0 Å². The van der Waals surface area contributed by atoms with Crippen LogP contribution in [-0.2, 0) is 4.79 Å². The number of halogens is 3. The number of nitrogens with one attached hydrogen (secondary N) is 2. The molecule has 0 bridgehead atoms. The average Bonchev–Trinajstić information content (AvgIpc) is 2.49. The van der Waals surface area contributed by atoms with Gasteiger partial charge in [-0.1, -0.05) is 36.2 Å². The Morgan fingerprint density at radius 1 is 1.35 bits per heavy atom. The van der Waals surface area contributed by atoms with Gasteiger partial charge in [-0.15, -0.1) is 24.8 Å². The number of hydrogen-bond donors (Lipinski definition) is 2. The van der Waals surface area contributed by atoms with Crippen LogP contribution in [0.5, 0.6) is 0 Å². The number of piperidine rings is 1. The molecule has 0 aliphatic carbocycles. The van der Waals surface area contributed by atoms with Crippen molar-refractivity contribution in [2.45, 2.75) is 31.3 Å². The normalized spacial score (nSPS) is 18.5. The third-order valence-corrected chi connectivity index (χ3v) is 4.33. The van der Waals surface area contributed by atoms with E-state index in [1.54, 1.807) is 0 Å². The first-order valence-electron chi connectivity index (χ1n) is 7.51. The summed E-state index contributed by atoms with van der Waals surface area (Å²) in [5.41, 5.74) is 1.04. The summed E-state index contributed by atoms with van der Waals surface area (Å²) < 4.78 is 0. The average molecular weight is 383 g/mol. The fraction of sp³-hybridized carbons (Fsp3) is 0.562. The molecule has 2 rings (SSSR count). The van der Waals surface area contributed by atoms with Crippen LogP contribution in [-0.4, -0.2) is 44.0 Å². The van der Waals surface area contributed by atoms with Crippen LogP contribution in [0.25, 0.3) is 0 Å². The van der Waals surface area contributed by atoms with Crippen molar-refractivity contribution >= 4 is 42.3 Å². The zero-order valence-electron chi connectivity index (χ0n) is 13.5. The molecular weight excluding hydrogens is 357 g/mol. The van der Waals surface area contributed by atoms with E-state index in [2.05, 4.69) is 15.5 Å². The van der Waals surface area contributed by atoms with E-state index in [0.717, 1.165) is 36.4 Å². The first-order valence-corrected chi connectivity index (χ1v) is 7.89. The summed E-state index contributed by atoms with van der Waals surface area (Å²) in [5, 5.41) is 7.07. The van der Waals surface area contributed by atoms with E-state index in [9.17, 15) is 4.79 Å². The maximum atomic E-state index is 12.2. The molecule has 1 aliphatic heterocycles. The van der Waals surface area contributed by atoms with E-state index in [4.69, 9.17) is 11.6 Å². The molecule has 7 heteroatoms. The van der Waals surface area contributed by atoms with Gasteiger partial charge in [0.15, 0.2) is 0 Å². The van der Waals surface area contributed by atoms with Gasteiger partial charge in [-0.2, -0.15) is 0 Å². The fourth-order valence-electron chi connectivity index (χ4n) is 2.71. The van der Waals surface area contributed by atoms with E-state index in [1.807, 2.05) is 38.4 Å². The number of benzene rings is 1. The quantitative estimate of drug-likeness (QED) is 0.822. The van der Waals surface area contributed by atoms with Crippen LogP contribution in [0.2, 0.25) is 5.02 Å². The molecule has 0 spiro atoms. The van der Waals surface area contributed by atoms with Gasteiger partial charge in [-0.3, -0.25) is 4.79 Å². The standard InChI is InChI=1S/C16H24ClN3O.2ClH/c1-20(2)15(12-7-3-4-8-13(12)17)11-19-16(21)14-9-5-6-10-18-14;;/h3-4,7-8,14-15,18H,5-6,9-11H2,1-2H3,(H,19,21);2*1H. The van der Waals surface area contributed by atoms with Crippen LogP contribution in [0.4, 0.5) is 0 Å². The van der Waals surface area contributed by atoms with Gasteiger partial charge >= 0.3 is 0 Å². The Morgan fingerprint density at radius 3 is 2.61 bits per heavy atom. The summed E-state index contributed by atoms with van der Waals surface area (Å²) in [5.74, 6) is 0.0913. The number of amides is 1. The predicted molar refractivity (Wildman–Crippen MR) is 101 cm³/mol. The zero-order chi connectivity index (χ0) is 15.2. The van der Waals surface area contributed by atoms with Gasteiger partial charge in [0, 0.05) is 11.6 Å². The lowest BCUT2D eigenvalue weighted by Gasteiger charge is -2.28. The van der Waals surface area contributed by atoms with Crippen LogP contribution >= 0.6 is 36.4 Å². The van der Waals surface area contributed by atoms with Crippen molar-refractivity contribution in [1.82, 2.24) is 15.5 Å². The first kappa shape index (κ1) is 22.5. The van der Waals surface area contributed by atoms with Crippen LogP contribution in [0.3, 0.4) is 0 Å². The van der Waals surface area contributed by atoms with E-state index in [0.29, 0.717) is 6.54 Å². The minimum Gasteiger partial charge on any atom is -0.353 e. The minimum atomic E-state index is -0.0483. The van der Waals surface area contributed by atoms with Crippen molar-refractivity contribution in [2.24, 2.45) is 0 Å². The Kier molecular flexibility index (Phi) is 10.9. The minimum absolute atomic E-state index is 0. The summed E-state index contributed by atoms with van der Waals surface area (Å²) in [6.45, 7) is 1.49. The number of rotatable bonds is 5. The lowest BCUT2D eigenvalue weighted by Crippen LogP contribution is -2.48. The molecule has 0 aromatic heterocycles.